The van der Waals surface area contributed by atoms with Gasteiger partial charge < -0.3 is 5.32 Å². The fourth-order valence-electron chi connectivity index (χ4n) is 1.30. The summed E-state index contributed by atoms with van der Waals surface area (Å²) in [6.45, 7) is 1.66. The molecule has 2 aromatic rings. The Hall–Kier alpha value is -2.30. The van der Waals surface area contributed by atoms with Crippen molar-refractivity contribution in [3.05, 3.63) is 53.6 Å². The summed E-state index contributed by atoms with van der Waals surface area (Å²) in [6.07, 6.45) is 2.77. The van der Waals surface area contributed by atoms with E-state index in [4.69, 9.17) is 0 Å². The maximum absolute atomic E-state index is 13.3. The van der Waals surface area contributed by atoms with Crippen LogP contribution in [0.2, 0.25) is 0 Å². The summed E-state index contributed by atoms with van der Waals surface area (Å²) in [5.74, 6) is -0.696. The normalized spacial score (nSPS) is 10.0. The molecule has 0 saturated heterocycles. The highest BCUT2D eigenvalue weighted by Gasteiger charge is 2.07. The average Bonchev–Trinajstić information content (AvgIpc) is 2.35. The lowest BCUT2D eigenvalue weighted by molar-refractivity contribution is 0.102. The summed E-state index contributed by atoms with van der Waals surface area (Å²) in [5.41, 5.74) is 1.32. The number of aromatic nitrogens is 2. The van der Waals surface area contributed by atoms with Gasteiger partial charge in [0.15, 0.2) is 0 Å². The molecular formula is C12H10FN3O. The van der Waals surface area contributed by atoms with Gasteiger partial charge in [0.05, 0.1) is 18.0 Å². The van der Waals surface area contributed by atoms with Crippen LogP contribution in [0.5, 0.6) is 0 Å². The molecule has 0 radical (unpaired) electrons. The second-order valence-corrected chi connectivity index (χ2v) is 3.55. The molecule has 4 nitrogen and oxygen atoms in total. The number of rotatable bonds is 2. The largest absolute Gasteiger partial charge is 0.322 e. The number of halogens is 1. The molecule has 1 amide bonds. The second kappa shape index (κ2) is 4.69. The Labute approximate surface area is 97.5 Å². The number of carbonyl (C=O) groups excluding carboxylic acids is 1. The summed E-state index contributed by atoms with van der Waals surface area (Å²) in [5, 5.41) is 9.74. The van der Waals surface area contributed by atoms with Crippen LogP contribution in [0.15, 0.2) is 36.7 Å². The molecule has 0 aliphatic heterocycles. The van der Waals surface area contributed by atoms with Crippen LogP contribution in [-0.2, 0) is 0 Å². The highest BCUT2D eigenvalue weighted by atomic mass is 19.1. The summed E-state index contributed by atoms with van der Waals surface area (Å²) >= 11 is 0. The first-order valence-electron chi connectivity index (χ1n) is 5.01. The van der Waals surface area contributed by atoms with Crippen LogP contribution in [0.25, 0.3) is 0 Å². The van der Waals surface area contributed by atoms with Gasteiger partial charge in [-0.3, -0.25) is 4.79 Å². The summed E-state index contributed by atoms with van der Waals surface area (Å²) in [7, 11) is 0. The van der Waals surface area contributed by atoms with Crippen LogP contribution in [-0.4, -0.2) is 16.1 Å². The van der Waals surface area contributed by atoms with Gasteiger partial charge in [0, 0.05) is 5.69 Å². The number of hydrogen-bond donors (Lipinski definition) is 1. The number of benzene rings is 1. The maximum atomic E-state index is 13.3. The van der Waals surface area contributed by atoms with Gasteiger partial charge in [0.2, 0.25) is 0 Å². The molecule has 0 spiro atoms. The Bertz CT molecular complexity index is 543. The molecule has 1 heterocycles. The van der Waals surface area contributed by atoms with Crippen molar-refractivity contribution in [3.63, 3.8) is 0 Å². The zero-order chi connectivity index (χ0) is 12.3. The van der Waals surface area contributed by atoms with Crippen molar-refractivity contribution in [1.82, 2.24) is 10.2 Å². The third-order valence-electron chi connectivity index (χ3n) is 2.28. The lowest BCUT2D eigenvalue weighted by atomic mass is 10.2. The van der Waals surface area contributed by atoms with Crippen molar-refractivity contribution in [2.24, 2.45) is 0 Å². The fraction of sp³-hybridized carbons (Fsp3) is 0.0833. The second-order valence-electron chi connectivity index (χ2n) is 3.55. The smallest absolute Gasteiger partial charge is 0.257 e. The zero-order valence-electron chi connectivity index (χ0n) is 9.14. The van der Waals surface area contributed by atoms with Gasteiger partial charge in [-0.25, -0.2) is 4.39 Å². The van der Waals surface area contributed by atoms with E-state index >= 15 is 0 Å². The van der Waals surface area contributed by atoms with E-state index in [0.717, 1.165) is 0 Å². The van der Waals surface area contributed by atoms with Crippen molar-refractivity contribution in [2.75, 3.05) is 5.32 Å². The third-order valence-corrected chi connectivity index (χ3v) is 2.28. The Morgan fingerprint density at radius 2 is 2.12 bits per heavy atom. The van der Waals surface area contributed by atoms with Gasteiger partial charge in [-0.2, -0.15) is 10.2 Å². The third kappa shape index (κ3) is 2.63. The molecule has 1 N–H and O–H groups in total. The van der Waals surface area contributed by atoms with Crippen LogP contribution in [0.4, 0.5) is 10.1 Å². The number of amides is 1. The van der Waals surface area contributed by atoms with E-state index in [2.05, 4.69) is 15.5 Å². The Kier molecular flexibility index (Phi) is 3.09. The van der Waals surface area contributed by atoms with Gasteiger partial charge in [0.1, 0.15) is 5.82 Å². The van der Waals surface area contributed by atoms with Crippen LogP contribution in [0, 0.1) is 12.7 Å². The first-order chi connectivity index (χ1) is 8.16. The topological polar surface area (TPSA) is 54.9 Å². The summed E-state index contributed by atoms with van der Waals surface area (Å²) in [4.78, 5) is 11.7. The van der Waals surface area contributed by atoms with E-state index in [1.54, 1.807) is 19.1 Å². The first kappa shape index (κ1) is 11.2. The fourth-order valence-corrected chi connectivity index (χ4v) is 1.30. The van der Waals surface area contributed by atoms with Gasteiger partial charge >= 0.3 is 0 Å². The zero-order valence-corrected chi connectivity index (χ0v) is 9.14. The molecule has 86 valence electrons. The highest BCUT2D eigenvalue weighted by molar-refractivity contribution is 6.03. The van der Waals surface area contributed by atoms with Gasteiger partial charge in [0.25, 0.3) is 5.91 Å². The summed E-state index contributed by atoms with van der Waals surface area (Å²) < 4.78 is 13.3. The van der Waals surface area contributed by atoms with Crippen molar-refractivity contribution in [3.8, 4) is 0 Å². The van der Waals surface area contributed by atoms with E-state index < -0.39 is 0 Å². The lowest BCUT2D eigenvalue weighted by Crippen LogP contribution is -2.12. The van der Waals surface area contributed by atoms with E-state index in [-0.39, 0.29) is 11.7 Å². The Balaban J connectivity index is 2.16. The van der Waals surface area contributed by atoms with Crippen LogP contribution in [0.3, 0.4) is 0 Å². The highest BCUT2D eigenvalue weighted by Crippen LogP contribution is 2.14. The molecule has 1 aromatic heterocycles. The van der Waals surface area contributed by atoms with Gasteiger partial charge in [-0.1, -0.05) is 6.07 Å². The molecule has 0 saturated carbocycles. The minimum absolute atomic E-state index is 0.344. The monoisotopic (exact) mass is 231 g/mol. The number of nitrogens with zero attached hydrogens (tertiary/aromatic N) is 2. The summed E-state index contributed by atoms with van der Waals surface area (Å²) in [6, 6.07) is 6.06. The maximum Gasteiger partial charge on any atom is 0.257 e. The Morgan fingerprint density at radius 3 is 2.76 bits per heavy atom. The lowest BCUT2D eigenvalue weighted by Gasteiger charge is -2.05. The van der Waals surface area contributed by atoms with E-state index in [1.807, 2.05) is 0 Å². The quantitative estimate of drug-likeness (QED) is 0.861. The number of hydrogen-bond acceptors (Lipinski definition) is 3. The molecule has 0 fully saturated rings. The number of aryl methyl sites for hydroxylation is 1. The molecule has 0 aliphatic carbocycles. The SMILES string of the molecule is Cc1ccc(NC(=O)c2ccnnc2)cc1F. The first-order valence-corrected chi connectivity index (χ1v) is 5.01. The number of carbonyl (C=O) groups is 1. The molecule has 0 bridgehead atoms. The van der Waals surface area contributed by atoms with E-state index in [1.165, 1.54) is 24.5 Å². The predicted molar refractivity (Wildman–Crippen MR) is 61.1 cm³/mol. The molecule has 0 atom stereocenters. The van der Waals surface area contributed by atoms with Crippen molar-refractivity contribution < 1.29 is 9.18 Å². The average molecular weight is 231 g/mol. The van der Waals surface area contributed by atoms with Crippen molar-refractivity contribution in [1.29, 1.82) is 0 Å². The predicted octanol–water partition coefficient (Wildman–Crippen LogP) is 2.18. The minimum atomic E-state index is -0.351. The number of anilines is 1. The van der Waals surface area contributed by atoms with Crippen molar-refractivity contribution in [2.45, 2.75) is 6.92 Å². The molecule has 2 rings (SSSR count). The van der Waals surface area contributed by atoms with Crippen molar-refractivity contribution >= 4 is 11.6 Å². The minimum Gasteiger partial charge on any atom is -0.322 e. The molecule has 1 aromatic carbocycles. The van der Waals surface area contributed by atoms with Gasteiger partial charge in [-0.15, -0.1) is 0 Å². The molecule has 0 aliphatic rings. The molecule has 17 heavy (non-hydrogen) atoms. The van der Waals surface area contributed by atoms with Gasteiger partial charge in [-0.05, 0) is 30.7 Å². The van der Waals surface area contributed by atoms with Crippen LogP contribution < -0.4 is 5.32 Å². The van der Waals surface area contributed by atoms with E-state index in [0.29, 0.717) is 16.8 Å². The Morgan fingerprint density at radius 1 is 1.29 bits per heavy atom. The number of nitrogens with one attached hydrogen (secondary N) is 1. The van der Waals surface area contributed by atoms with E-state index in [9.17, 15) is 9.18 Å². The standard InChI is InChI=1S/C12H10FN3O/c1-8-2-3-10(6-11(8)13)16-12(17)9-4-5-14-15-7-9/h2-7H,1H3,(H,16,17). The molecule has 0 unspecified atom stereocenters. The molecular weight excluding hydrogens is 221 g/mol. The van der Waals surface area contributed by atoms with Crippen LogP contribution >= 0.6 is 0 Å². The molecule has 5 heteroatoms. The van der Waals surface area contributed by atoms with Crippen LogP contribution in [0.1, 0.15) is 15.9 Å².